The van der Waals surface area contributed by atoms with Crippen LogP contribution in [-0.2, 0) is 11.2 Å². The second-order valence-corrected chi connectivity index (χ2v) is 4.89. The second kappa shape index (κ2) is 4.49. The third-order valence-electron chi connectivity index (χ3n) is 3.84. The summed E-state index contributed by atoms with van der Waals surface area (Å²) in [6.07, 6.45) is 2.97. The second-order valence-electron chi connectivity index (χ2n) is 4.89. The summed E-state index contributed by atoms with van der Waals surface area (Å²) in [5.41, 5.74) is 2.45. The van der Waals surface area contributed by atoms with E-state index in [1.54, 1.807) is 0 Å². The first kappa shape index (κ1) is 10.8. The summed E-state index contributed by atoms with van der Waals surface area (Å²) in [5.74, 6) is 0.554. The van der Waals surface area contributed by atoms with E-state index >= 15 is 0 Å². The lowest BCUT2D eigenvalue weighted by Gasteiger charge is -2.27. The number of hydrogen-bond acceptors (Lipinski definition) is 2. The van der Waals surface area contributed by atoms with Gasteiger partial charge in [0.1, 0.15) is 0 Å². The van der Waals surface area contributed by atoms with Crippen LogP contribution in [0.1, 0.15) is 18.4 Å². The maximum absolute atomic E-state index is 12.5. The van der Waals surface area contributed by atoms with Crippen molar-refractivity contribution < 1.29 is 4.79 Å². The monoisotopic (exact) mass is 230 g/mol. The molecule has 2 aliphatic rings. The number of nitrogens with one attached hydrogen (secondary N) is 1. The summed E-state index contributed by atoms with van der Waals surface area (Å²) in [7, 11) is 0. The van der Waals surface area contributed by atoms with E-state index in [1.165, 1.54) is 5.56 Å². The largest absolute Gasteiger partial charge is 0.317 e. The molecule has 3 nitrogen and oxygen atoms in total. The standard InChI is InChI=1S/C14H18N2O/c17-14(12-5-8-15-9-6-12)16-10-7-11-3-1-2-4-13(11)16/h1-4,12,15H,5-10H2. The van der Waals surface area contributed by atoms with Crippen LogP contribution in [0.25, 0.3) is 0 Å². The number of piperidine rings is 1. The number of rotatable bonds is 1. The summed E-state index contributed by atoms with van der Waals surface area (Å²) in [6, 6.07) is 8.27. The Morgan fingerprint density at radius 1 is 1.24 bits per heavy atom. The maximum Gasteiger partial charge on any atom is 0.230 e. The number of nitrogens with zero attached hydrogens (tertiary/aromatic N) is 1. The minimum Gasteiger partial charge on any atom is -0.317 e. The minimum absolute atomic E-state index is 0.224. The van der Waals surface area contributed by atoms with Gasteiger partial charge in [0.15, 0.2) is 0 Å². The Morgan fingerprint density at radius 3 is 2.82 bits per heavy atom. The topological polar surface area (TPSA) is 32.3 Å². The van der Waals surface area contributed by atoms with Crippen molar-refractivity contribution in [1.82, 2.24) is 5.32 Å². The molecular formula is C14H18N2O. The van der Waals surface area contributed by atoms with Gasteiger partial charge in [-0.3, -0.25) is 4.79 Å². The Labute approximate surface area is 102 Å². The van der Waals surface area contributed by atoms with Crippen molar-refractivity contribution >= 4 is 11.6 Å². The molecule has 1 N–H and O–H groups in total. The molecule has 0 radical (unpaired) electrons. The number of hydrogen-bond donors (Lipinski definition) is 1. The number of carbonyl (C=O) groups excluding carboxylic acids is 1. The normalized spacial score (nSPS) is 20.4. The van der Waals surface area contributed by atoms with Gasteiger partial charge >= 0.3 is 0 Å². The Kier molecular flexibility index (Phi) is 2.85. The molecule has 90 valence electrons. The number of benzene rings is 1. The fourth-order valence-electron chi connectivity index (χ4n) is 2.86. The van der Waals surface area contributed by atoms with E-state index in [0.29, 0.717) is 5.91 Å². The molecule has 1 aromatic carbocycles. The number of para-hydroxylation sites is 1. The van der Waals surface area contributed by atoms with Gasteiger partial charge in [0.05, 0.1) is 0 Å². The van der Waals surface area contributed by atoms with Crippen molar-refractivity contribution in [1.29, 1.82) is 0 Å². The van der Waals surface area contributed by atoms with Crippen molar-refractivity contribution in [3.8, 4) is 0 Å². The highest BCUT2D eigenvalue weighted by atomic mass is 16.2. The molecule has 1 amide bonds. The fourth-order valence-corrected chi connectivity index (χ4v) is 2.86. The van der Waals surface area contributed by atoms with Gasteiger partial charge < -0.3 is 10.2 Å². The molecule has 3 heteroatoms. The van der Waals surface area contributed by atoms with Crippen LogP contribution in [-0.4, -0.2) is 25.5 Å². The molecule has 2 aliphatic heterocycles. The van der Waals surface area contributed by atoms with Crippen molar-refractivity contribution in [2.24, 2.45) is 5.92 Å². The predicted molar refractivity (Wildman–Crippen MR) is 68.1 cm³/mol. The van der Waals surface area contributed by atoms with Crippen molar-refractivity contribution in [2.45, 2.75) is 19.3 Å². The third-order valence-corrected chi connectivity index (χ3v) is 3.84. The first-order chi connectivity index (χ1) is 8.36. The summed E-state index contributed by atoms with van der Waals surface area (Å²) in [5, 5.41) is 3.31. The zero-order chi connectivity index (χ0) is 11.7. The van der Waals surface area contributed by atoms with Crippen LogP contribution in [0.15, 0.2) is 24.3 Å². The molecule has 17 heavy (non-hydrogen) atoms. The van der Waals surface area contributed by atoms with Gasteiger partial charge in [-0.1, -0.05) is 18.2 Å². The van der Waals surface area contributed by atoms with Crippen LogP contribution in [0.3, 0.4) is 0 Å². The first-order valence-electron chi connectivity index (χ1n) is 6.46. The molecular weight excluding hydrogens is 212 g/mol. The number of carbonyl (C=O) groups is 1. The van der Waals surface area contributed by atoms with Gasteiger partial charge in [0.25, 0.3) is 0 Å². The quantitative estimate of drug-likeness (QED) is 0.794. The lowest BCUT2D eigenvalue weighted by Crippen LogP contribution is -2.40. The molecule has 1 fully saturated rings. The Morgan fingerprint density at radius 2 is 2.00 bits per heavy atom. The van der Waals surface area contributed by atoms with Crippen LogP contribution in [0, 0.1) is 5.92 Å². The minimum atomic E-state index is 0.224. The van der Waals surface area contributed by atoms with E-state index in [9.17, 15) is 4.79 Å². The number of amides is 1. The number of fused-ring (bicyclic) bond motifs is 1. The number of anilines is 1. The maximum atomic E-state index is 12.5. The van der Waals surface area contributed by atoms with Crippen LogP contribution in [0.5, 0.6) is 0 Å². The molecule has 0 aliphatic carbocycles. The van der Waals surface area contributed by atoms with Crippen molar-refractivity contribution in [2.75, 3.05) is 24.5 Å². The average Bonchev–Trinajstić information content (AvgIpc) is 2.83. The summed E-state index contributed by atoms with van der Waals surface area (Å²) >= 11 is 0. The lowest BCUT2D eigenvalue weighted by molar-refractivity contribution is -0.123. The van der Waals surface area contributed by atoms with E-state index < -0.39 is 0 Å². The highest BCUT2D eigenvalue weighted by Crippen LogP contribution is 2.30. The third kappa shape index (κ3) is 1.95. The molecule has 0 saturated carbocycles. The summed E-state index contributed by atoms with van der Waals surface area (Å²) in [4.78, 5) is 14.5. The van der Waals surface area contributed by atoms with E-state index in [2.05, 4.69) is 23.5 Å². The van der Waals surface area contributed by atoms with E-state index in [-0.39, 0.29) is 5.92 Å². The molecule has 1 aromatic rings. The van der Waals surface area contributed by atoms with E-state index in [4.69, 9.17) is 0 Å². The van der Waals surface area contributed by atoms with Gasteiger partial charge in [-0.15, -0.1) is 0 Å². The van der Waals surface area contributed by atoms with Crippen LogP contribution in [0.4, 0.5) is 5.69 Å². The van der Waals surface area contributed by atoms with Gasteiger partial charge in [-0.05, 0) is 44.0 Å². The molecule has 2 heterocycles. The van der Waals surface area contributed by atoms with Crippen LogP contribution < -0.4 is 10.2 Å². The first-order valence-corrected chi connectivity index (χ1v) is 6.46. The Balaban J connectivity index is 1.79. The summed E-state index contributed by atoms with van der Waals surface area (Å²) < 4.78 is 0. The Hall–Kier alpha value is -1.35. The molecule has 0 bridgehead atoms. The highest BCUT2D eigenvalue weighted by molar-refractivity contribution is 5.97. The fraction of sp³-hybridized carbons (Fsp3) is 0.500. The SMILES string of the molecule is O=C(C1CCNCC1)N1CCc2ccccc21. The van der Waals surface area contributed by atoms with Crippen LogP contribution in [0.2, 0.25) is 0 Å². The molecule has 0 atom stereocenters. The smallest absolute Gasteiger partial charge is 0.230 e. The van der Waals surface area contributed by atoms with Gasteiger partial charge in [-0.2, -0.15) is 0 Å². The zero-order valence-electron chi connectivity index (χ0n) is 9.98. The van der Waals surface area contributed by atoms with Crippen molar-refractivity contribution in [3.63, 3.8) is 0 Å². The lowest BCUT2D eigenvalue weighted by atomic mass is 9.96. The summed E-state index contributed by atoms with van der Waals surface area (Å²) in [6.45, 7) is 2.82. The van der Waals surface area contributed by atoms with Crippen molar-refractivity contribution in [3.05, 3.63) is 29.8 Å². The van der Waals surface area contributed by atoms with E-state index in [1.807, 2.05) is 11.0 Å². The van der Waals surface area contributed by atoms with Gasteiger partial charge in [-0.25, -0.2) is 0 Å². The van der Waals surface area contributed by atoms with Gasteiger partial charge in [0, 0.05) is 18.2 Å². The van der Waals surface area contributed by atoms with Gasteiger partial charge in [0.2, 0.25) is 5.91 Å². The average molecular weight is 230 g/mol. The molecule has 0 unspecified atom stereocenters. The van der Waals surface area contributed by atoms with Crippen LogP contribution >= 0.6 is 0 Å². The molecule has 3 rings (SSSR count). The zero-order valence-corrected chi connectivity index (χ0v) is 9.98. The molecule has 1 saturated heterocycles. The predicted octanol–water partition coefficient (Wildman–Crippen LogP) is 1.58. The highest BCUT2D eigenvalue weighted by Gasteiger charge is 2.30. The molecule has 0 spiro atoms. The molecule has 0 aromatic heterocycles. The Bertz CT molecular complexity index is 424. The van der Waals surface area contributed by atoms with E-state index in [0.717, 1.165) is 44.6 Å².